The number of guanidine groups is 1. The first-order valence-electron chi connectivity index (χ1n) is 17.1. The van der Waals surface area contributed by atoms with E-state index in [2.05, 4.69) is 71.8 Å². The molecular weight excluding hydrogens is 580 g/mol. The molecule has 5 aliphatic carbocycles. The molecule has 0 bridgehead atoms. The molecule has 4 saturated carbocycles. The number of carboxylic acids is 1. The van der Waals surface area contributed by atoms with E-state index < -0.39 is 11.4 Å². The minimum atomic E-state index is -0.629. The third kappa shape index (κ3) is 4.51. The van der Waals surface area contributed by atoms with Gasteiger partial charge in [0.2, 0.25) is 5.96 Å². The standard InChI is InChI=1S/C38H53ClN4O2/c1-22-14-17-38(32(44)45)19-18-36(6)26(30(38)23(22)2)12-13-29-35(5)21-25(20-24-10-8-9-11-27(24)39)31(42-43-33(40)41)34(3,4)28(35)15-16-37(29,36)7/h8-12,20,22-23,28-30H,13-19,21H2,1-7H3,(H,44,45)(H4,40,41,43)/b25-20+,42-31+/t22-,23+,28?,29?,30?,35+,36-,37-,38+/m1/s1. The van der Waals surface area contributed by atoms with Crippen molar-refractivity contribution in [1.82, 2.24) is 0 Å². The van der Waals surface area contributed by atoms with Crippen LogP contribution in [-0.4, -0.2) is 22.7 Å². The average Bonchev–Trinajstić information content (AvgIpc) is 2.95. The lowest BCUT2D eigenvalue weighted by Gasteiger charge is -2.71. The summed E-state index contributed by atoms with van der Waals surface area (Å²) in [4.78, 5) is 13.1. The molecule has 9 atom stereocenters. The predicted octanol–water partition coefficient (Wildman–Crippen LogP) is 8.70. The van der Waals surface area contributed by atoms with Crippen molar-refractivity contribution >= 4 is 35.3 Å². The molecule has 1 aromatic carbocycles. The Bertz CT molecular complexity index is 1520. The molecule has 0 heterocycles. The van der Waals surface area contributed by atoms with Gasteiger partial charge in [0, 0.05) is 10.4 Å². The van der Waals surface area contributed by atoms with Crippen LogP contribution in [0.15, 0.2) is 51.7 Å². The number of fused-ring (bicyclic) bond motifs is 7. The zero-order chi connectivity index (χ0) is 32.7. The van der Waals surface area contributed by atoms with Crippen LogP contribution in [0.1, 0.15) is 105 Å². The van der Waals surface area contributed by atoms with E-state index in [0.717, 1.165) is 68.2 Å². The third-order valence-electron chi connectivity index (χ3n) is 14.5. The number of rotatable bonds is 3. The van der Waals surface area contributed by atoms with Crippen LogP contribution in [0.3, 0.4) is 0 Å². The van der Waals surface area contributed by atoms with Crippen molar-refractivity contribution < 1.29 is 9.90 Å². The summed E-state index contributed by atoms with van der Waals surface area (Å²) >= 11 is 6.70. The van der Waals surface area contributed by atoms with Crippen LogP contribution >= 0.6 is 11.6 Å². The third-order valence-corrected chi connectivity index (χ3v) is 14.9. The summed E-state index contributed by atoms with van der Waals surface area (Å²) in [6.07, 6.45) is 12.3. The molecule has 6 nitrogen and oxygen atoms in total. The highest BCUT2D eigenvalue weighted by molar-refractivity contribution is 6.32. The van der Waals surface area contributed by atoms with Crippen molar-refractivity contribution in [3.05, 3.63) is 52.1 Å². The van der Waals surface area contributed by atoms with Crippen molar-refractivity contribution in [1.29, 1.82) is 0 Å². The summed E-state index contributed by atoms with van der Waals surface area (Å²) in [6.45, 7) is 16.9. The molecule has 7 heteroatoms. The highest BCUT2D eigenvalue weighted by atomic mass is 35.5. The molecule has 0 spiro atoms. The topological polar surface area (TPSA) is 114 Å². The van der Waals surface area contributed by atoms with Gasteiger partial charge in [-0.1, -0.05) is 89.9 Å². The molecule has 45 heavy (non-hydrogen) atoms. The fraction of sp³-hybridized carbons (Fsp3) is 0.658. The molecule has 0 radical (unpaired) electrons. The molecule has 0 aliphatic heterocycles. The fourth-order valence-corrected chi connectivity index (χ4v) is 12.1. The first kappa shape index (κ1) is 32.3. The van der Waals surface area contributed by atoms with E-state index in [-0.39, 0.29) is 33.5 Å². The lowest BCUT2D eigenvalue weighted by molar-refractivity contribution is -0.179. The van der Waals surface area contributed by atoms with Gasteiger partial charge in [0.15, 0.2) is 0 Å². The zero-order valence-corrected chi connectivity index (χ0v) is 29.0. The van der Waals surface area contributed by atoms with Gasteiger partial charge in [-0.3, -0.25) is 4.79 Å². The van der Waals surface area contributed by atoms with Crippen molar-refractivity contribution in [2.75, 3.05) is 0 Å². The quantitative estimate of drug-likeness (QED) is 0.134. The molecule has 0 amide bonds. The Hall–Kier alpha value is -2.60. The van der Waals surface area contributed by atoms with Crippen molar-refractivity contribution in [3.63, 3.8) is 0 Å². The smallest absolute Gasteiger partial charge is 0.310 e. The summed E-state index contributed by atoms with van der Waals surface area (Å²) in [5, 5.41) is 20.4. The van der Waals surface area contributed by atoms with Crippen LogP contribution in [0.4, 0.5) is 0 Å². The van der Waals surface area contributed by atoms with E-state index in [1.807, 2.05) is 18.2 Å². The van der Waals surface area contributed by atoms with Crippen LogP contribution < -0.4 is 11.5 Å². The second-order valence-corrected chi connectivity index (χ2v) is 17.1. The molecule has 0 saturated heterocycles. The number of aliphatic carboxylic acids is 1. The molecule has 1 aromatic rings. The van der Waals surface area contributed by atoms with Crippen LogP contribution in [0, 0.1) is 56.7 Å². The van der Waals surface area contributed by atoms with Gasteiger partial charge in [0.25, 0.3) is 0 Å². The first-order chi connectivity index (χ1) is 21.0. The lowest BCUT2D eigenvalue weighted by Crippen LogP contribution is -2.65. The minimum absolute atomic E-state index is 0.0154. The maximum Gasteiger partial charge on any atom is 0.310 e. The lowest BCUT2D eigenvalue weighted by atomic mass is 9.33. The molecule has 5 aliphatic rings. The SMILES string of the molecule is C[C@@H]1CC[C@]2(C(=O)O)CC[C@]3(C)C(=CCC4[C@@]5(C)CC(=C\c6ccccc6Cl)/C(=N\N=C(N)N)C(C)(C)C5CC[C@]43C)C2[C@H]1C. The van der Waals surface area contributed by atoms with Crippen molar-refractivity contribution in [2.45, 2.75) is 99.8 Å². The van der Waals surface area contributed by atoms with Gasteiger partial charge in [0.05, 0.1) is 11.1 Å². The van der Waals surface area contributed by atoms with Crippen LogP contribution in [0.2, 0.25) is 5.02 Å². The van der Waals surface area contributed by atoms with Gasteiger partial charge in [-0.15, -0.1) is 5.10 Å². The number of nitrogens with zero attached hydrogens (tertiary/aromatic N) is 2. The maximum atomic E-state index is 13.1. The van der Waals surface area contributed by atoms with E-state index in [1.165, 1.54) is 5.57 Å². The number of hydrogen-bond acceptors (Lipinski definition) is 3. The van der Waals surface area contributed by atoms with E-state index in [9.17, 15) is 9.90 Å². The van der Waals surface area contributed by atoms with Gasteiger partial charge in [0.1, 0.15) is 0 Å². The van der Waals surface area contributed by atoms with Crippen LogP contribution in [0.25, 0.3) is 6.08 Å². The monoisotopic (exact) mass is 632 g/mol. The van der Waals surface area contributed by atoms with Gasteiger partial charge in [-0.25, -0.2) is 0 Å². The Kier molecular flexibility index (Phi) is 7.70. The number of carboxylic acid groups (broad SMARTS) is 1. The summed E-state index contributed by atoms with van der Waals surface area (Å²) < 4.78 is 0. The Morgan fingerprint density at radius 3 is 2.38 bits per heavy atom. The van der Waals surface area contributed by atoms with Gasteiger partial charge >= 0.3 is 5.97 Å². The van der Waals surface area contributed by atoms with Gasteiger partial charge in [-0.05, 0) is 120 Å². The summed E-state index contributed by atoms with van der Waals surface area (Å²) in [7, 11) is 0. The van der Waals surface area contributed by atoms with Crippen LogP contribution in [0.5, 0.6) is 0 Å². The number of nitrogens with two attached hydrogens (primary N) is 2. The Morgan fingerprint density at radius 2 is 1.71 bits per heavy atom. The molecule has 6 rings (SSSR count). The Morgan fingerprint density at radius 1 is 1.00 bits per heavy atom. The highest BCUT2D eigenvalue weighted by Crippen LogP contribution is 2.76. The molecule has 4 fully saturated rings. The summed E-state index contributed by atoms with van der Waals surface area (Å²) in [5.41, 5.74) is 15.2. The predicted molar refractivity (Wildman–Crippen MR) is 185 cm³/mol. The Balaban J connectivity index is 1.49. The summed E-state index contributed by atoms with van der Waals surface area (Å²) in [6, 6.07) is 7.96. The number of halogens is 1. The largest absolute Gasteiger partial charge is 0.481 e. The zero-order valence-electron chi connectivity index (χ0n) is 28.3. The summed E-state index contributed by atoms with van der Waals surface area (Å²) in [5.74, 6) is 1.20. The molecule has 244 valence electrons. The molecule has 0 aromatic heterocycles. The molecule has 5 N–H and O–H groups in total. The maximum absolute atomic E-state index is 13.1. The second kappa shape index (κ2) is 10.7. The van der Waals surface area contributed by atoms with Crippen molar-refractivity contribution in [3.8, 4) is 0 Å². The number of carbonyl (C=O) groups is 1. The van der Waals surface area contributed by atoms with Gasteiger partial charge < -0.3 is 16.6 Å². The van der Waals surface area contributed by atoms with E-state index in [1.54, 1.807) is 0 Å². The first-order valence-corrected chi connectivity index (χ1v) is 17.5. The number of benzene rings is 1. The van der Waals surface area contributed by atoms with Gasteiger partial charge in [-0.2, -0.15) is 5.10 Å². The fourth-order valence-electron chi connectivity index (χ4n) is 11.9. The molecule has 3 unspecified atom stereocenters. The number of allylic oxidation sites excluding steroid dienone is 3. The average molecular weight is 633 g/mol. The minimum Gasteiger partial charge on any atom is -0.481 e. The Labute approximate surface area is 274 Å². The number of hydrogen-bond donors (Lipinski definition) is 3. The van der Waals surface area contributed by atoms with E-state index >= 15 is 0 Å². The molecular formula is C38H53ClN4O2. The normalized spacial score (nSPS) is 43.7. The van der Waals surface area contributed by atoms with Crippen LogP contribution in [-0.2, 0) is 4.79 Å². The highest BCUT2D eigenvalue weighted by Gasteiger charge is 2.69. The second-order valence-electron chi connectivity index (χ2n) is 16.7. The van der Waals surface area contributed by atoms with E-state index in [4.69, 9.17) is 28.2 Å². The van der Waals surface area contributed by atoms with Crippen molar-refractivity contribution in [2.24, 2.45) is 78.3 Å². The van der Waals surface area contributed by atoms with E-state index in [0.29, 0.717) is 28.7 Å².